The van der Waals surface area contributed by atoms with Crippen LogP contribution in [-0.4, -0.2) is 9.13 Å². The van der Waals surface area contributed by atoms with Crippen molar-refractivity contribution in [2.75, 3.05) is 0 Å². The summed E-state index contributed by atoms with van der Waals surface area (Å²) in [5.41, 5.74) is 18.3. The van der Waals surface area contributed by atoms with Crippen LogP contribution in [0, 0.1) is 0 Å². The number of para-hydroxylation sites is 2. The lowest BCUT2D eigenvalue weighted by Crippen LogP contribution is -1.98. The summed E-state index contributed by atoms with van der Waals surface area (Å²) in [5.74, 6) is 0. The maximum atomic E-state index is 6.26. The van der Waals surface area contributed by atoms with Gasteiger partial charge in [-0.25, -0.2) is 0 Å². The van der Waals surface area contributed by atoms with E-state index in [0.717, 1.165) is 38.8 Å². The van der Waals surface area contributed by atoms with Crippen molar-refractivity contribution in [1.82, 2.24) is 9.13 Å². The second-order valence-electron chi connectivity index (χ2n) is 16.5. The predicted molar refractivity (Wildman–Crippen MR) is 264 cm³/mol. The number of fused-ring (bicyclic) bond motifs is 9. The van der Waals surface area contributed by atoms with E-state index in [-0.39, 0.29) is 0 Å². The molecule has 0 amide bonds. The Morgan fingerprint density at radius 3 is 1.59 bits per heavy atom. The normalized spacial score (nSPS) is 11.8. The molecule has 63 heavy (non-hydrogen) atoms. The lowest BCUT2D eigenvalue weighted by molar-refractivity contribution is 0.669. The average molecular weight is 803 g/mol. The molecular weight excluding hydrogens is 765 g/mol. The van der Waals surface area contributed by atoms with Gasteiger partial charge >= 0.3 is 0 Å². The Hall–Kier alpha value is -8.40. The van der Waals surface area contributed by atoms with Crippen LogP contribution in [0.15, 0.2) is 235 Å². The smallest absolute Gasteiger partial charge is 0.135 e. The van der Waals surface area contributed by atoms with Gasteiger partial charge in [0.05, 0.1) is 27.8 Å². The molecule has 3 aromatic heterocycles. The van der Waals surface area contributed by atoms with Crippen LogP contribution in [0.3, 0.4) is 0 Å². The fraction of sp³-hybridized carbons (Fsp3) is 0. The first-order chi connectivity index (χ1) is 31.2. The topological polar surface area (TPSA) is 23.0 Å². The molecule has 3 heterocycles. The highest BCUT2D eigenvalue weighted by molar-refractivity contribution is 6.17. The van der Waals surface area contributed by atoms with Crippen LogP contribution in [0.1, 0.15) is 0 Å². The van der Waals surface area contributed by atoms with E-state index in [1.807, 2.05) is 12.1 Å². The van der Waals surface area contributed by atoms with Gasteiger partial charge in [0.1, 0.15) is 11.2 Å². The third kappa shape index (κ3) is 5.60. The minimum absolute atomic E-state index is 0.893. The molecule has 10 aromatic carbocycles. The highest BCUT2D eigenvalue weighted by Crippen LogP contribution is 2.43. The Balaban J connectivity index is 1.03. The zero-order valence-corrected chi connectivity index (χ0v) is 34.2. The van der Waals surface area contributed by atoms with Crippen molar-refractivity contribution in [3.05, 3.63) is 231 Å². The van der Waals surface area contributed by atoms with Crippen molar-refractivity contribution in [2.24, 2.45) is 0 Å². The molecule has 0 radical (unpaired) electrons. The summed E-state index contributed by atoms with van der Waals surface area (Å²) < 4.78 is 11.2. The first kappa shape index (κ1) is 35.4. The molecule has 13 rings (SSSR count). The number of furan rings is 1. The predicted octanol–water partition coefficient (Wildman–Crippen LogP) is 16.4. The van der Waals surface area contributed by atoms with Crippen LogP contribution >= 0.6 is 0 Å². The molecule has 0 aliphatic heterocycles. The Labute approximate surface area is 363 Å². The number of hydrogen-bond acceptors (Lipinski definition) is 1. The number of aromatic nitrogens is 2. The number of hydrogen-bond donors (Lipinski definition) is 0. The molecule has 0 spiro atoms. The lowest BCUT2D eigenvalue weighted by atomic mass is 9.97. The molecular formula is C60H38N2O. The van der Waals surface area contributed by atoms with Crippen molar-refractivity contribution in [1.29, 1.82) is 0 Å². The van der Waals surface area contributed by atoms with Gasteiger partial charge in [0.25, 0.3) is 0 Å². The molecule has 3 nitrogen and oxygen atoms in total. The maximum Gasteiger partial charge on any atom is 0.135 e. The first-order valence-electron chi connectivity index (χ1n) is 21.6. The molecule has 0 aliphatic carbocycles. The largest absolute Gasteiger partial charge is 0.456 e. The SMILES string of the molecule is c1ccc(-c2ccc(-c3ccccc3)c(-n3c4ccccc4c4cc(-c5ccc6c(c5)c5c(-c7ccccc7)cccc5n6-c5ccc6oc7ccccc7c6c5)ccc43)c2)cc1. The van der Waals surface area contributed by atoms with E-state index < -0.39 is 0 Å². The van der Waals surface area contributed by atoms with Gasteiger partial charge in [0.15, 0.2) is 0 Å². The summed E-state index contributed by atoms with van der Waals surface area (Å²) in [6, 6.07) is 83.6. The van der Waals surface area contributed by atoms with Gasteiger partial charge in [-0.1, -0.05) is 164 Å². The van der Waals surface area contributed by atoms with Crippen LogP contribution in [0.2, 0.25) is 0 Å². The molecule has 13 aromatic rings. The van der Waals surface area contributed by atoms with Crippen LogP contribution < -0.4 is 0 Å². The van der Waals surface area contributed by atoms with E-state index in [1.54, 1.807) is 0 Å². The number of nitrogens with zero attached hydrogens (tertiary/aromatic N) is 2. The highest BCUT2D eigenvalue weighted by Gasteiger charge is 2.21. The van der Waals surface area contributed by atoms with Gasteiger partial charge in [0.2, 0.25) is 0 Å². The minimum Gasteiger partial charge on any atom is -0.456 e. The van der Waals surface area contributed by atoms with Gasteiger partial charge in [0, 0.05) is 43.6 Å². The Bertz CT molecular complexity index is 3890. The zero-order valence-electron chi connectivity index (χ0n) is 34.2. The van der Waals surface area contributed by atoms with E-state index in [9.17, 15) is 0 Å². The quantitative estimate of drug-likeness (QED) is 0.164. The Morgan fingerprint density at radius 1 is 0.270 bits per heavy atom. The molecule has 0 aliphatic rings. The fourth-order valence-corrected chi connectivity index (χ4v) is 10.0. The Kier molecular flexibility index (Phi) is 7.91. The molecule has 0 saturated heterocycles. The monoisotopic (exact) mass is 802 g/mol. The van der Waals surface area contributed by atoms with Gasteiger partial charge < -0.3 is 13.6 Å². The minimum atomic E-state index is 0.893. The maximum absolute atomic E-state index is 6.26. The number of rotatable bonds is 6. The second kappa shape index (κ2) is 14.1. The van der Waals surface area contributed by atoms with E-state index in [0.29, 0.717) is 0 Å². The van der Waals surface area contributed by atoms with Gasteiger partial charge in [-0.05, 0) is 106 Å². The van der Waals surface area contributed by atoms with Crippen molar-refractivity contribution in [2.45, 2.75) is 0 Å². The molecule has 294 valence electrons. The second-order valence-corrected chi connectivity index (χ2v) is 16.5. The van der Waals surface area contributed by atoms with E-state index >= 15 is 0 Å². The molecule has 0 fully saturated rings. The molecule has 3 heteroatoms. The molecule has 0 N–H and O–H groups in total. The van der Waals surface area contributed by atoms with Crippen LogP contribution in [-0.2, 0) is 0 Å². The fourth-order valence-electron chi connectivity index (χ4n) is 10.0. The Morgan fingerprint density at radius 2 is 0.825 bits per heavy atom. The standard InChI is InChI=1S/C60H38N2O/c1-4-15-39(16-5-1)44-27-31-46(40-17-6-2-7-18-40)57(37-44)62-53-24-12-10-21-48(53)50-35-42(28-32-54(50)62)43-29-33-55-52(36-43)60-47(41-19-8-3-9-20-41)23-14-25-56(60)61(55)45-30-34-59-51(38-45)49-22-11-13-26-58(49)63-59/h1-38H. The first-order valence-corrected chi connectivity index (χ1v) is 21.6. The molecule has 0 atom stereocenters. The summed E-state index contributed by atoms with van der Waals surface area (Å²) in [5, 5.41) is 7.14. The van der Waals surface area contributed by atoms with Gasteiger partial charge in [-0.15, -0.1) is 0 Å². The third-order valence-corrected chi connectivity index (χ3v) is 12.9. The van der Waals surface area contributed by atoms with Crippen LogP contribution in [0.25, 0.3) is 121 Å². The number of benzene rings is 10. The third-order valence-electron chi connectivity index (χ3n) is 12.9. The highest BCUT2D eigenvalue weighted by atomic mass is 16.3. The van der Waals surface area contributed by atoms with Crippen LogP contribution in [0.5, 0.6) is 0 Å². The van der Waals surface area contributed by atoms with E-state index in [2.05, 4.69) is 228 Å². The average Bonchev–Trinajstić information content (AvgIpc) is 4.01. The summed E-state index contributed by atoms with van der Waals surface area (Å²) in [6.07, 6.45) is 0. The van der Waals surface area contributed by atoms with Gasteiger partial charge in [-0.2, -0.15) is 0 Å². The summed E-state index contributed by atoms with van der Waals surface area (Å²) in [7, 11) is 0. The lowest BCUT2D eigenvalue weighted by Gasteiger charge is -2.16. The molecule has 0 unspecified atom stereocenters. The zero-order chi connectivity index (χ0) is 41.4. The van der Waals surface area contributed by atoms with Crippen molar-refractivity contribution < 1.29 is 4.42 Å². The van der Waals surface area contributed by atoms with E-state index in [4.69, 9.17) is 4.42 Å². The summed E-state index contributed by atoms with van der Waals surface area (Å²) >= 11 is 0. The van der Waals surface area contributed by atoms with E-state index in [1.165, 1.54) is 82.6 Å². The summed E-state index contributed by atoms with van der Waals surface area (Å²) in [4.78, 5) is 0. The molecule has 0 saturated carbocycles. The summed E-state index contributed by atoms with van der Waals surface area (Å²) in [6.45, 7) is 0. The molecule has 0 bridgehead atoms. The van der Waals surface area contributed by atoms with Gasteiger partial charge in [-0.3, -0.25) is 0 Å². The van der Waals surface area contributed by atoms with Crippen molar-refractivity contribution in [3.8, 4) is 55.9 Å². The van der Waals surface area contributed by atoms with Crippen molar-refractivity contribution in [3.63, 3.8) is 0 Å². The van der Waals surface area contributed by atoms with Crippen LogP contribution in [0.4, 0.5) is 0 Å². The van der Waals surface area contributed by atoms with Crippen molar-refractivity contribution >= 4 is 65.6 Å².